The van der Waals surface area contributed by atoms with Gasteiger partial charge in [-0.15, -0.1) is 0 Å². The van der Waals surface area contributed by atoms with Gasteiger partial charge in [-0.05, 0) is 20.8 Å². The van der Waals surface area contributed by atoms with Gasteiger partial charge in [0.05, 0.1) is 12.4 Å². The summed E-state index contributed by atoms with van der Waals surface area (Å²) in [6.45, 7) is 10.3. The predicted molar refractivity (Wildman–Crippen MR) is 87.4 cm³/mol. The standard InChI is InChI=1S/C16H24FN5O2/c1-16(2,3)24-15(23)21-6-4-20(5-7-21)13-10-22(11-13)14-18-8-12(17)9-19-14/h8-9,13H,4-7,10-11H2,1-3H3. The summed E-state index contributed by atoms with van der Waals surface area (Å²) in [5, 5.41) is 0. The Hall–Kier alpha value is -1.96. The maximum atomic E-state index is 12.9. The summed E-state index contributed by atoms with van der Waals surface area (Å²) in [7, 11) is 0. The lowest BCUT2D eigenvalue weighted by atomic mass is 10.1. The second-order valence-corrected chi connectivity index (χ2v) is 7.26. The average molecular weight is 337 g/mol. The van der Waals surface area contributed by atoms with Crippen molar-refractivity contribution in [3.8, 4) is 0 Å². The van der Waals surface area contributed by atoms with E-state index in [1.165, 1.54) is 12.4 Å². The summed E-state index contributed by atoms with van der Waals surface area (Å²) in [6, 6.07) is 0.430. The van der Waals surface area contributed by atoms with Gasteiger partial charge in [0.1, 0.15) is 5.60 Å². The molecule has 8 heteroatoms. The Bertz CT molecular complexity index is 575. The van der Waals surface area contributed by atoms with E-state index < -0.39 is 11.4 Å². The lowest BCUT2D eigenvalue weighted by molar-refractivity contribution is 0.00871. The van der Waals surface area contributed by atoms with Crippen LogP contribution in [0.4, 0.5) is 15.1 Å². The highest BCUT2D eigenvalue weighted by atomic mass is 19.1. The molecule has 7 nitrogen and oxygen atoms in total. The van der Waals surface area contributed by atoms with Crippen LogP contribution >= 0.6 is 0 Å². The number of hydrogen-bond donors (Lipinski definition) is 0. The number of carbonyl (C=O) groups excluding carboxylic acids is 1. The van der Waals surface area contributed by atoms with Crippen molar-refractivity contribution in [2.75, 3.05) is 44.2 Å². The number of nitrogens with zero attached hydrogens (tertiary/aromatic N) is 5. The number of hydrogen-bond acceptors (Lipinski definition) is 6. The molecular formula is C16H24FN5O2. The highest BCUT2D eigenvalue weighted by Gasteiger charge is 2.36. The first-order chi connectivity index (χ1) is 11.3. The van der Waals surface area contributed by atoms with Gasteiger partial charge in [-0.1, -0.05) is 0 Å². The molecule has 132 valence electrons. The van der Waals surface area contributed by atoms with Gasteiger partial charge in [0, 0.05) is 45.3 Å². The van der Waals surface area contributed by atoms with Gasteiger partial charge < -0.3 is 14.5 Å². The molecule has 0 atom stereocenters. The fourth-order valence-corrected chi connectivity index (χ4v) is 2.91. The van der Waals surface area contributed by atoms with Crippen molar-refractivity contribution in [1.29, 1.82) is 0 Å². The number of carbonyl (C=O) groups is 1. The van der Waals surface area contributed by atoms with Crippen LogP contribution in [-0.2, 0) is 4.74 Å². The fourth-order valence-electron chi connectivity index (χ4n) is 2.91. The van der Waals surface area contributed by atoms with E-state index in [0.717, 1.165) is 26.2 Å². The minimum Gasteiger partial charge on any atom is -0.444 e. The molecule has 0 saturated carbocycles. The largest absolute Gasteiger partial charge is 0.444 e. The Labute approximate surface area is 141 Å². The third-order valence-corrected chi connectivity index (χ3v) is 4.23. The molecule has 0 spiro atoms. The normalized spacial score (nSPS) is 20.0. The van der Waals surface area contributed by atoms with Gasteiger partial charge in [-0.3, -0.25) is 4.90 Å². The van der Waals surface area contributed by atoms with Crippen molar-refractivity contribution in [3.63, 3.8) is 0 Å². The Morgan fingerprint density at radius 3 is 2.29 bits per heavy atom. The van der Waals surface area contributed by atoms with Crippen LogP contribution in [-0.4, -0.2) is 76.8 Å². The van der Waals surface area contributed by atoms with Gasteiger partial charge in [-0.25, -0.2) is 19.2 Å². The molecule has 0 bridgehead atoms. The number of aromatic nitrogens is 2. The van der Waals surface area contributed by atoms with E-state index in [4.69, 9.17) is 4.74 Å². The molecule has 2 saturated heterocycles. The molecule has 3 heterocycles. The van der Waals surface area contributed by atoms with Crippen LogP contribution in [0.3, 0.4) is 0 Å². The van der Waals surface area contributed by atoms with Crippen LogP contribution < -0.4 is 4.90 Å². The maximum Gasteiger partial charge on any atom is 0.410 e. The highest BCUT2D eigenvalue weighted by molar-refractivity contribution is 5.68. The summed E-state index contributed by atoms with van der Waals surface area (Å²) in [5.41, 5.74) is -0.460. The molecule has 0 unspecified atom stereocenters. The number of piperazine rings is 1. The second kappa shape index (κ2) is 6.51. The Morgan fingerprint density at radius 2 is 1.75 bits per heavy atom. The molecule has 2 fully saturated rings. The van der Waals surface area contributed by atoms with Crippen molar-refractivity contribution in [2.45, 2.75) is 32.4 Å². The summed E-state index contributed by atoms with van der Waals surface area (Å²) >= 11 is 0. The van der Waals surface area contributed by atoms with Crippen LogP contribution in [0.25, 0.3) is 0 Å². The number of halogens is 1. The Morgan fingerprint density at radius 1 is 1.17 bits per heavy atom. The number of anilines is 1. The first kappa shape index (κ1) is 16.9. The Balaban J connectivity index is 1.44. The summed E-state index contributed by atoms with van der Waals surface area (Å²) in [6.07, 6.45) is 2.14. The molecule has 1 aromatic heterocycles. The maximum absolute atomic E-state index is 12.9. The molecule has 0 aliphatic carbocycles. The molecule has 0 N–H and O–H groups in total. The topological polar surface area (TPSA) is 61.8 Å². The average Bonchev–Trinajstić information content (AvgIpc) is 2.46. The first-order valence-electron chi connectivity index (χ1n) is 8.26. The van der Waals surface area contributed by atoms with Crippen molar-refractivity contribution in [3.05, 3.63) is 18.2 Å². The third kappa shape index (κ3) is 3.92. The van der Waals surface area contributed by atoms with Crippen LogP contribution in [0.15, 0.2) is 12.4 Å². The molecule has 2 aliphatic rings. The molecule has 1 amide bonds. The number of rotatable bonds is 2. The van der Waals surface area contributed by atoms with Crippen LogP contribution in [0.2, 0.25) is 0 Å². The molecular weight excluding hydrogens is 313 g/mol. The molecule has 24 heavy (non-hydrogen) atoms. The minimum atomic E-state index is -0.460. The smallest absolute Gasteiger partial charge is 0.410 e. The van der Waals surface area contributed by atoms with E-state index >= 15 is 0 Å². The molecule has 1 aromatic rings. The molecule has 3 rings (SSSR count). The van der Waals surface area contributed by atoms with Crippen molar-refractivity contribution in [1.82, 2.24) is 19.8 Å². The molecule has 2 aliphatic heterocycles. The van der Waals surface area contributed by atoms with E-state index in [9.17, 15) is 9.18 Å². The van der Waals surface area contributed by atoms with Gasteiger partial charge >= 0.3 is 6.09 Å². The molecule has 0 radical (unpaired) electrons. The van der Waals surface area contributed by atoms with Gasteiger partial charge in [0.2, 0.25) is 5.95 Å². The van der Waals surface area contributed by atoms with Crippen molar-refractivity contribution < 1.29 is 13.9 Å². The van der Waals surface area contributed by atoms with Gasteiger partial charge in [0.25, 0.3) is 0 Å². The first-order valence-corrected chi connectivity index (χ1v) is 8.26. The highest BCUT2D eigenvalue weighted by Crippen LogP contribution is 2.21. The summed E-state index contributed by atoms with van der Waals surface area (Å²) in [4.78, 5) is 26.2. The van der Waals surface area contributed by atoms with Gasteiger partial charge in [-0.2, -0.15) is 0 Å². The zero-order valence-electron chi connectivity index (χ0n) is 14.4. The van der Waals surface area contributed by atoms with Crippen LogP contribution in [0.1, 0.15) is 20.8 Å². The third-order valence-electron chi connectivity index (χ3n) is 4.23. The lowest BCUT2D eigenvalue weighted by Gasteiger charge is -2.48. The molecule has 0 aromatic carbocycles. The Kier molecular flexibility index (Phi) is 4.58. The zero-order chi connectivity index (χ0) is 17.3. The van der Waals surface area contributed by atoms with Crippen LogP contribution in [0, 0.1) is 5.82 Å². The monoisotopic (exact) mass is 337 g/mol. The summed E-state index contributed by atoms with van der Waals surface area (Å²) < 4.78 is 18.3. The van der Waals surface area contributed by atoms with Gasteiger partial charge in [0.15, 0.2) is 5.82 Å². The second-order valence-electron chi connectivity index (χ2n) is 7.26. The van der Waals surface area contributed by atoms with E-state index in [2.05, 4.69) is 14.9 Å². The van der Waals surface area contributed by atoms with E-state index in [1.807, 2.05) is 25.7 Å². The van der Waals surface area contributed by atoms with Crippen LogP contribution in [0.5, 0.6) is 0 Å². The SMILES string of the molecule is CC(C)(C)OC(=O)N1CCN(C2CN(c3ncc(F)cn3)C2)CC1. The number of amides is 1. The zero-order valence-corrected chi connectivity index (χ0v) is 14.4. The fraction of sp³-hybridized carbons (Fsp3) is 0.688. The van der Waals surface area contributed by atoms with E-state index in [1.54, 1.807) is 4.90 Å². The van der Waals surface area contributed by atoms with Crippen molar-refractivity contribution >= 4 is 12.0 Å². The number of ether oxygens (including phenoxy) is 1. The predicted octanol–water partition coefficient (Wildman–Crippen LogP) is 1.36. The minimum absolute atomic E-state index is 0.239. The van der Waals surface area contributed by atoms with E-state index in [-0.39, 0.29) is 6.09 Å². The van der Waals surface area contributed by atoms with E-state index in [0.29, 0.717) is 25.1 Å². The summed E-state index contributed by atoms with van der Waals surface area (Å²) in [5.74, 6) is 0.147. The quantitative estimate of drug-likeness (QED) is 0.812. The lowest BCUT2D eigenvalue weighted by Crippen LogP contribution is -2.64. The van der Waals surface area contributed by atoms with Crippen molar-refractivity contribution in [2.24, 2.45) is 0 Å².